The Morgan fingerprint density at radius 3 is 1.36 bits per heavy atom. The summed E-state index contributed by atoms with van der Waals surface area (Å²) in [6.07, 6.45) is -7.40. The minimum absolute atomic E-state index is 0.0399. The van der Waals surface area contributed by atoms with Gasteiger partial charge in [-0.1, -0.05) is 185 Å². The average molecular weight is 1680 g/mol. The third-order valence-electron chi connectivity index (χ3n) is 29.0. The van der Waals surface area contributed by atoms with Gasteiger partial charge in [-0.05, 0) is 190 Å². The van der Waals surface area contributed by atoms with Crippen molar-refractivity contribution in [3.8, 4) is 0 Å². The summed E-state index contributed by atoms with van der Waals surface area (Å²) >= 11 is 0. The van der Waals surface area contributed by atoms with Crippen LogP contribution in [-0.2, 0) is 75.9 Å². The van der Waals surface area contributed by atoms with Gasteiger partial charge in [0.2, 0.25) is 0 Å². The molecule has 6 aromatic rings. The topological polar surface area (TPSA) is 266 Å². The van der Waals surface area contributed by atoms with Gasteiger partial charge in [-0.15, -0.1) is 0 Å². The Bertz CT molecular complexity index is 4520. The molecule has 654 valence electrons. The van der Waals surface area contributed by atoms with Gasteiger partial charge in [-0.3, -0.25) is 9.59 Å². The summed E-state index contributed by atoms with van der Waals surface area (Å²) in [5, 5.41) is 0. The highest BCUT2D eigenvalue weighted by atomic mass is 16.8. The second-order valence-electron chi connectivity index (χ2n) is 36.4. The predicted molar refractivity (Wildman–Crippen MR) is 450 cm³/mol. The Labute approximate surface area is 717 Å². The highest BCUT2D eigenvalue weighted by Gasteiger charge is 2.65. The molecule has 8 fully saturated rings. The monoisotopic (exact) mass is 1670 g/mol. The van der Waals surface area contributed by atoms with E-state index in [0.717, 1.165) is 32.1 Å². The third-order valence-corrected chi connectivity index (χ3v) is 29.0. The maximum absolute atomic E-state index is 14.9. The molecule has 4 aliphatic carbocycles. The van der Waals surface area contributed by atoms with Gasteiger partial charge in [0, 0.05) is 48.3 Å². The molecule has 4 heterocycles. The van der Waals surface area contributed by atoms with E-state index in [1.807, 2.05) is 74.4 Å². The van der Waals surface area contributed by atoms with Crippen LogP contribution in [0.25, 0.3) is 0 Å². The van der Waals surface area contributed by atoms with Crippen molar-refractivity contribution in [2.45, 2.75) is 259 Å². The molecule has 4 saturated heterocycles. The van der Waals surface area contributed by atoms with Crippen LogP contribution in [0.1, 0.15) is 222 Å². The predicted octanol–water partition coefficient (Wildman–Crippen LogP) is 17.5. The molecule has 0 radical (unpaired) electrons. The Hall–Kier alpha value is -8.84. The minimum atomic E-state index is -1.44. The summed E-state index contributed by atoms with van der Waals surface area (Å²) in [6.45, 7) is 24.2. The Morgan fingerprint density at radius 1 is 0.418 bits per heavy atom. The number of carbonyl (C=O) groups is 8. The van der Waals surface area contributed by atoms with E-state index in [2.05, 4.69) is 20.8 Å². The lowest BCUT2D eigenvalue weighted by molar-refractivity contribution is -0.377. The van der Waals surface area contributed by atoms with Crippen LogP contribution in [-0.4, -0.2) is 159 Å². The van der Waals surface area contributed by atoms with Gasteiger partial charge in [0.05, 0.1) is 70.5 Å². The summed E-state index contributed by atoms with van der Waals surface area (Å²) in [4.78, 5) is 114. The average Bonchev–Trinajstić information content (AvgIpc) is 1.49. The lowest BCUT2D eigenvalue weighted by atomic mass is 9.44. The van der Waals surface area contributed by atoms with Crippen LogP contribution in [0.4, 0.5) is 0 Å². The maximum atomic E-state index is 14.9. The van der Waals surface area contributed by atoms with Crippen LogP contribution in [0.15, 0.2) is 182 Å². The second-order valence-corrected chi connectivity index (χ2v) is 36.4. The molecule has 4 aliphatic heterocycles. The number of hydrogen-bond acceptors (Lipinski definition) is 22. The van der Waals surface area contributed by atoms with E-state index in [1.54, 1.807) is 170 Å². The van der Waals surface area contributed by atoms with E-state index >= 15 is 0 Å². The van der Waals surface area contributed by atoms with Crippen molar-refractivity contribution < 1.29 is 105 Å². The first-order valence-corrected chi connectivity index (χ1v) is 44.5. The first kappa shape index (κ1) is 89.4. The SMILES string of the molecule is CCC1O[C@@H](OC2[C@H](OC3CCC4(C)C(CCC5C4CCC4(C)C5CC(=O)C4[C@H](C)C(=O)CC[C@H](C)CO[C@@H]4OC(CC)[C@H](C)[C@H](OC(=O)c5ccccc5)C4OC(=O)c4ccccc4)C3)OC(COC(=O)c3ccccc3)[C@@H](O[C@@H]3OC(C)[C@H](C)[C@H](OC(=O)c4ccccc4)C3OC(=O)c3ccccc3)[C@@H]2C)C(OC(=O)c2ccccc2)[C@@H](C)[C@@H]1C. The lowest BCUT2D eigenvalue weighted by Gasteiger charge is -2.61. The van der Waals surface area contributed by atoms with Crippen molar-refractivity contribution in [2.75, 3.05) is 13.2 Å². The zero-order valence-electron chi connectivity index (χ0n) is 72.4. The molecular weight excluding hydrogens is 1550 g/mol. The third kappa shape index (κ3) is 19.5. The molecule has 0 amide bonds. The smallest absolute Gasteiger partial charge is 0.338 e. The number of Topliss-reactive ketones (excluding diaryl/α,β-unsaturated/α-hetero) is 2. The van der Waals surface area contributed by atoms with Gasteiger partial charge in [0.15, 0.2) is 43.5 Å². The van der Waals surface area contributed by atoms with E-state index in [9.17, 15) is 38.4 Å². The van der Waals surface area contributed by atoms with E-state index in [-0.39, 0.29) is 107 Å². The van der Waals surface area contributed by atoms with E-state index in [0.29, 0.717) is 66.7 Å². The Balaban J connectivity index is 0.692. The summed E-state index contributed by atoms with van der Waals surface area (Å²) in [7, 11) is 0. The van der Waals surface area contributed by atoms with Crippen LogP contribution in [0, 0.1) is 81.8 Å². The molecule has 0 N–H and O–H groups in total. The van der Waals surface area contributed by atoms with Gasteiger partial charge in [-0.25, -0.2) is 28.8 Å². The lowest BCUT2D eigenvalue weighted by Crippen LogP contribution is -2.64. The molecule has 4 saturated carbocycles. The molecule has 16 unspecified atom stereocenters. The largest absolute Gasteiger partial charge is 0.459 e. The second kappa shape index (κ2) is 39.6. The van der Waals surface area contributed by atoms with Crippen molar-refractivity contribution in [3.05, 3.63) is 215 Å². The van der Waals surface area contributed by atoms with Crippen molar-refractivity contribution in [3.63, 3.8) is 0 Å². The molecule has 0 bridgehead atoms. The number of hydrogen-bond donors (Lipinski definition) is 0. The van der Waals surface area contributed by atoms with Crippen LogP contribution in [0.5, 0.6) is 0 Å². The maximum Gasteiger partial charge on any atom is 0.338 e. The number of benzene rings is 6. The molecule has 6 aromatic carbocycles. The number of fused-ring (bicyclic) bond motifs is 5. The summed E-state index contributed by atoms with van der Waals surface area (Å²) in [6, 6.07) is 51.7. The van der Waals surface area contributed by atoms with E-state index < -0.39 is 146 Å². The summed E-state index contributed by atoms with van der Waals surface area (Å²) < 4.78 is 94.7. The summed E-state index contributed by atoms with van der Waals surface area (Å²) in [5.74, 6) is -5.76. The molecule has 8 aliphatic rings. The molecule has 0 aromatic heterocycles. The Kier molecular flexibility index (Phi) is 29.0. The van der Waals surface area contributed by atoms with Crippen molar-refractivity contribution >= 4 is 47.4 Å². The number of carbonyl (C=O) groups excluding carboxylic acids is 8. The minimum Gasteiger partial charge on any atom is -0.459 e. The highest BCUT2D eigenvalue weighted by molar-refractivity contribution is 5.94. The standard InChI is InChI=1S/C100H122O22/c1-13-78-58(4)59(5)85(118-92(106)68-39-27-18-28-40-68)97(114-78)122-86-63(9)82(121-98-88(120-94(108)70-43-31-20-32-44-70)83(60(6)64(10)111-98)116-90(104)66-35-23-16-24-36-66)80(56-109-89(103)65-33-21-15-22-34-65)115-96(86)112-72-49-51-99(11)71(53-72)46-47-73-74(99)50-52-100(12)75(73)54-77(102)81(100)61(7)76(101)48-45-57(3)55-110-95-87(119-93(107)69-41-29-19-30-42-69)84(62(8)79(14-2)113-95)117-91(105)67-37-25-17-26-38-67/h15-44,57-64,71-75,78-88,95-98H,13-14,45-56H2,1-12H3/t57-,58-,59-,60-,61+,62-,63-,64?,71?,72?,73?,74?,75?,78?,79?,80?,81?,82-,83-,84-,85?,86?,87?,88?,95+,96+,97-,98-,99?,100?/m0/s1. The first-order chi connectivity index (χ1) is 58.7. The molecular formula is C100H122O22. The van der Waals surface area contributed by atoms with Gasteiger partial charge in [-0.2, -0.15) is 0 Å². The number of ether oxygens (including phenoxy) is 14. The summed E-state index contributed by atoms with van der Waals surface area (Å²) in [5.41, 5.74) is 1.34. The molecule has 22 heteroatoms. The normalized spacial score (nSPS) is 35.4. The van der Waals surface area contributed by atoms with Gasteiger partial charge in [0.1, 0.15) is 42.6 Å². The molecule has 30 atom stereocenters. The van der Waals surface area contributed by atoms with Gasteiger partial charge in [0.25, 0.3) is 0 Å². The zero-order valence-corrected chi connectivity index (χ0v) is 72.4. The van der Waals surface area contributed by atoms with Gasteiger partial charge >= 0.3 is 35.8 Å². The quantitative estimate of drug-likeness (QED) is 0.0240. The van der Waals surface area contributed by atoms with Crippen molar-refractivity contribution in [1.29, 1.82) is 0 Å². The van der Waals surface area contributed by atoms with Crippen LogP contribution >= 0.6 is 0 Å². The van der Waals surface area contributed by atoms with Crippen molar-refractivity contribution in [1.82, 2.24) is 0 Å². The van der Waals surface area contributed by atoms with Crippen LogP contribution < -0.4 is 0 Å². The fraction of sp³-hybridized carbons (Fsp3) is 0.560. The van der Waals surface area contributed by atoms with Gasteiger partial charge < -0.3 is 66.3 Å². The first-order valence-electron chi connectivity index (χ1n) is 44.5. The fourth-order valence-corrected chi connectivity index (χ4v) is 21.5. The fourth-order valence-electron chi connectivity index (χ4n) is 21.5. The molecule has 122 heavy (non-hydrogen) atoms. The Morgan fingerprint density at radius 2 is 0.844 bits per heavy atom. The van der Waals surface area contributed by atoms with E-state index in [4.69, 9.17) is 66.3 Å². The molecule has 0 spiro atoms. The number of ketones is 2. The molecule has 14 rings (SSSR count). The van der Waals surface area contributed by atoms with Crippen LogP contribution in [0.2, 0.25) is 0 Å². The number of esters is 6. The van der Waals surface area contributed by atoms with E-state index in [1.165, 1.54) is 0 Å². The highest BCUT2D eigenvalue weighted by Crippen LogP contribution is 2.68. The van der Waals surface area contributed by atoms with Crippen LogP contribution in [0.3, 0.4) is 0 Å². The molecule has 22 nitrogen and oxygen atoms in total. The van der Waals surface area contributed by atoms with Crippen molar-refractivity contribution in [2.24, 2.45) is 81.8 Å². The number of rotatable bonds is 29. The zero-order chi connectivity index (χ0) is 86.3.